The summed E-state index contributed by atoms with van der Waals surface area (Å²) in [4.78, 5) is 12.0. The van der Waals surface area contributed by atoms with Crippen LogP contribution in [0.3, 0.4) is 0 Å². The highest BCUT2D eigenvalue weighted by molar-refractivity contribution is 5.76. The Morgan fingerprint density at radius 2 is 2.00 bits per heavy atom. The maximum Gasteiger partial charge on any atom is 0.231 e. The molecule has 126 valence electrons. The standard InChI is InChI=1S/C18H26N2O3/c1-13(19)9-17(21)20-11-18(7-3-2-4-8-18)14-5-6-15-16(10-14)23-12-22-15/h5-6,10,13H,2-4,7-9,11-12,19H2,1H3,(H,20,21). The van der Waals surface area contributed by atoms with E-state index in [-0.39, 0.29) is 24.2 Å². The molecule has 5 nitrogen and oxygen atoms in total. The van der Waals surface area contributed by atoms with Crippen molar-refractivity contribution in [1.29, 1.82) is 0 Å². The van der Waals surface area contributed by atoms with Crippen molar-refractivity contribution in [3.8, 4) is 11.5 Å². The third kappa shape index (κ3) is 3.61. The Morgan fingerprint density at radius 1 is 1.26 bits per heavy atom. The van der Waals surface area contributed by atoms with E-state index in [1.165, 1.54) is 24.8 Å². The Balaban J connectivity index is 1.78. The van der Waals surface area contributed by atoms with Gasteiger partial charge >= 0.3 is 0 Å². The molecule has 0 saturated heterocycles. The van der Waals surface area contributed by atoms with Crippen molar-refractivity contribution < 1.29 is 14.3 Å². The molecule has 0 bridgehead atoms. The fraction of sp³-hybridized carbons (Fsp3) is 0.611. The van der Waals surface area contributed by atoms with Crippen LogP contribution in [-0.2, 0) is 10.2 Å². The van der Waals surface area contributed by atoms with Crippen LogP contribution in [0.4, 0.5) is 0 Å². The molecule has 0 aromatic heterocycles. The fourth-order valence-corrected chi connectivity index (χ4v) is 3.65. The Morgan fingerprint density at radius 3 is 2.74 bits per heavy atom. The Hall–Kier alpha value is -1.75. The summed E-state index contributed by atoms with van der Waals surface area (Å²) in [7, 11) is 0. The van der Waals surface area contributed by atoms with Gasteiger partial charge in [-0.2, -0.15) is 0 Å². The molecule has 3 rings (SSSR count). The molecule has 3 N–H and O–H groups in total. The predicted octanol–water partition coefficient (Wildman–Crippen LogP) is 2.47. The molecule has 2 aliphatic rings. The number of fused-ring (bicyclic) bond motifs is 1. The molecule has 1 fully saturated rings. The van der Waals surface area contributed by atoms with Gasteiger partial charge in [-0.15, -0.1) is 0 Å². The summed E-state index contributed by atoms with van der Waals surface area (Å²) in [5.74, 6) is 1.65. The molecule has 0 spiro atoms. The van der Waals surface area contributed by atoms with E-state index >= 15 is 0 Å². The molecule has 1 aromatic carbocycles. The zero-order chi connectivity index (χ0) is 16.3. The second-order valence-electron chi connectivity index (χ2n) is 6.87. The van der Waals surface area contributed by atoms with Gasteiger partial charge in [-0.05, 0) is 37.5 Å². The number of nitrogens with two attached hydrogens (primary N) is 1. The third-order valence-electron chi connectivity index (χ3n) is 4.93. The minimum Gasteiger partial charge on any atom is -0.454 e. The number of nitrogens with one attached hydrogen (secondary N) is 1. The van der Waals surface area contributed by atoms with Crippen LogP contribution in [0.15, 0.2) is 18.2 Å². The smallest absolute Gasteiger partial charge is 0.231 e. The van der Waals surface area contributed by atoms with Gasteiger partial charge in [-0.25, -0.2) is 0 Å². The molecule has 1 unspecified atom stereocenters. The molecule has 1 saturated carbocycles. The molecule has 23 heavy (non-hydrogen) atoms. The van der Waals surface area contributed by atoms with Gasteiger partial charge in [0.2, 0.25) is 12.7 Å². The van der Waals surface area contributed by atoms with E-state index in [0.29, 0.717) is 13.0 Å². The van der Waals surface area contributed by atoms with Gasteiger partial charge in [-0.1, -0.05) is 25.3 Å². The number of carbonyl (C=O) groups excluding carboxylic acids is 1. The van der Waals surface area contributed by atoms with Gasteiger partial charge in [-0.3, -0.25) is 4.79 Å². The van der Waals surface area contributed by atoms with Gasteiger partial charge in [0.1, 0.15) is 0 Å². The maximum absolute atomic E-state index is 12.0. The Bertz CT molecular complexity index is 565. The quantitative estimate of drug-likeness (QED) is 0.874. The number of hydrogen-bond donors (Lipinski definition) is 2. The van der Waals surface area contributed by atoms with E-state index in [0.717, 1.165) is 24.3 Å². The Labute approximate surface area is 137 Å². The van der Waals surface area contributed by atoms with E-state index < -0.39 is 0 Å². The van der Waals surface area contributed by atoms with Crippen LogP contribution in [0.1, 0.15) is 51.0 Å². The normalized spacial score (nSPS) is 20.1. The summed E-state index contributed by atoms with van der Waals surface area (Å²) in [6, 6.07) is 6.09. The van der Waals surface area contributed by atoms with Crippen LogP contribution in [0, 0.1) is 0 Å². The van der Waals surface area contributed by atoms with Crippen molar-refractivity contribution >= 4 is 5.91 Å². The second-order valence-corrected chi connectivity index (χ2v) is 6.87. The second kappa shape index (κ2) is 6.79. The maximum atomic E-state index is 12.0. The summed E-state index contributed by atoms with van der Waals surface area (Å²) >= 11 is 0. The molecule has 1 amide bonds. The molecule has 5 heteroatoms. The predicted molar refractivity (Wildman–Crippen MR) is 88.6 cm³/mol. The first-order valence-corrected chi connectivity index (χ1v) is 8.51. The average molecular weight is 318 g/mol. The first-order chi connectivity index (χ1) is 11.1. The van der Waals surface area contributed by atoms with Gasteiger partial charge in [0.05, 0.1) is 0 Å². The molecular weight excluding hydrogens is 292 g/mol. The van der Waals surface area contributed by atoms with Crippen molar-refractivity contribution in [1.82, 2.24) is 5.32 Å². The SMILES string of the molecule is CC(N)CC(=O)NCC1(c2ccc3c(c2)OCO3)CCCCC1. The molecule has 1 aliphatic heterocycles. The highest BCUT2D eigenvalue weighted by atomic mass is 16.7. The summed E-state index contributed by atoms with van der Waals surface area (Å²) in [6.07, 6.45) is 6.20. The highest BCUT2D eigenvalue weighted by Crippen LogP contribution is 2.43. The van der Waals surface area contributed by atoms with Crippen molar-refractivity contribution in [2.75, 3.05) is 13.3 Å². The third-order valence-corrected chi connectivity index (χ3v) is 4.93. The van der Waals surface area contributed by atoms with Crippen LogP contribution in [0.25, 0.3) is 0 Å². The molecular formula is C18H26N2O3. The lowest BCUT2D eigenvalue weighted by atomic mass is 9.69. The van der Waals surface area contributed by atoms with Crippen LogP contribution in [0.2, 0.25) is 0 Å². The topological polar surface area (TPSA) is 73.6 Å². The Kier molecular flexibility index (Phi) is 4.76. The zero-order valence-electron chi connectivity index (χ0n) is 13.8. The summed E-state index contributed by atoms with van der Waals surface area (Å²) in [5, 5.41) is 3.10. The number of benzene rings is 1. The van der Waals surface area contributed by atoms with E-state index in [9.17, 15) is 4.79 Å². The minimum atomic E-state index is -0.108. The van der Waals surface area contributed by atoms with Gasteiger partial charge in [0.25, 0.3) is 0 Å². The summed E-state index contributed by atoms with van der Waals surface area (Å²) < 4.78 is 10.9. The molecule has 1 heterocycles. The van der Waals surface area contributed by atoms with E-state index in [4.69, 9.17) is 15.2 Å². The van der Waals surface area contributed by atoms with E-state index in [2.05, 4.69) is 17.4 Å². The van der Waals surface area contributed by atoms with Gasteiger partial charge in [0.15, 0.2) is 11.5 Å². The molecule has 1 aliphatic carbocycles. The minimum absolute atomic E-state index is 0.00722. The largest absolute Gasteiger partial charge is 0.454 e. The number of ether oxygens (including phenoxy) is 2. The summed E-state index contributed by atoms with van der Waals surface area (Å²) in [6.45, 7) is 2.81. The number of amides is 1. The number of carbonyl (C=O) groups is 1. The van der Waals surface area contributed by atoms with Gasteiger partial charge in [0, 0.05) is 24.4 Å². The van der Waals surface area contributed by atoms with Crippen LogP contribution in [-0.4, -0.2) is 25.3 Å². The number of rotatable bonds is 5. The van der Waals surface area contributed by atoms with Crippen LogP contribution in [0.5, 0.6) is 11.5 Å². The van der Waals surface area contributed by atoms with Crippen molar-refractivity contribution in [3.63, 3.8) is 0 Å². The van der Waals surface area contributed by atoms with Crippen molar-refractivity contribution in [2.24, 2.45) is 5.73 Å². The molecule has 1 aromatic rings. The highest BCUT2D eigenvalue weighted by Gasteiger charge is 2.35. The van der Waals surface area contributed by atoms with E-state index in [1.807, 2.05) is 13.0 Å². The van der Waals surface area contributed by atoms with Crippen molar-refractivity contribution in [2.45, 2.75) is 56.9 Å². The first-order valence-electron chi connectivity index (χ1n) is 8.51. The zero-order valence-corrected chi connectivity index (χ0v) is 13.8. The molecule has 0 radical (unpaired) electrons. The summed E-state index contributed by atoms with van der Waals surface area (Å²) in [5.41, 5.74) is 6.95. The van der Waals surface area contributed by atoms with E-state index in [1.54, 1.807) is 0 Å². The lowest BCUT2D eigenvalue weighted by Gasteiger charge is -2.38. The fourth-order valence-electron chi connectivity index (χ4n) is 3.65. The first kappa shape index (κ1) is 16.1. The number of hydrogen-bond acceptors (Lipinski definition) is 4. The lowest BCUT2D eigenvalue weighted by molar-refractivity contribution is -0.121. The van der Waals surface area contributed by atoms with Crippen LogP contribution >= 0.6 is 0 Å². The lowest BCUT2D eigenvalue weighted by Crippen LogP contribution is -2.43. The monoisotopic (exact) mass is 318 g/mol. The van der Waals surface area contributed by atoms with Crippen LogP contribution < -0.4 is 20.5 Å². The van der Waals surface area contributed by atoms with Crippen molar-refractivity contribution in [3.05, 3.63) is 23.8 Å². The van der Waals surface area contributed by atoms with Gasteiger partial charge < -0.3 is 20.5 Å². The average Bonchev–Trinajstić information content (AvgIpc) is 3.01. The molecule has 1 atom stereocenters.